The van der Waals surface area contributed by atoms with Crippen LogP contribution in [0.5, 0.6) is 0 Å². The molecular weight excluding hydrogens is 302 g/mol. The summed E-state index contributed by atoms with van der Waals surface area (Å²) in [6, 6.07) is 4.89. The summed E-state index contributed by atoms with van der Waals surface area (Å²) in [5.41, 5.74) is 1.57. The minimum atomic E-state index is 0.570. The van der Waals surface area contributed by atoms with Gasteiger partial charge in [-0.15, -0.1) is 0 Å². The van der Waals surface area contributed by atoms with Gasteiger partial charge >= 0.3 is 0 Å². The molecule has 0 aromatic carbocycles. The topological polar surface area (TPSA) is 4.93 Å². The SMILES string of the molecule is CCCCCCCCCC/C=C(\C)C(CCCCCC)n1cccc1. The van der Waals surface area contributed by atoms with Gasteiger partial charge in [0.15, 0.2) is 0 Å². The first-order valence-electron chi connectivity index (χ1n) is 11.1. The predicted octanol–water partition coefficient (Wildman–Crippen LogP) is 8.48. The van der Waals surface area contributed by atoms with Crippen LogP contribution in [-0.4, -0.2) is 4.57 Å². The third-order valence-corrected chi connectivity index (χ3v) is 5.37. The van der Waals surface area contributed by atoms with Crippen molar-refractivity contribution < 1.29 is 0 Å². The van der Waals surface area contributed by atoms with Gasteiger partial charge in [0, 0.05) is 12.4 Å². The van der Waals surface area contributed by atoms with Crippen molar-refractivity contribution in [3.05, 3.63) is 36.2 Å². The summed E-state index contributed by atoms with van der Waals surface area (Å²) in [4.78, 5) is 0. The zero-order chi connectivity index (χ0) is 18.2. The molecule has 1 heteroatoms. The average Bonchev–Trinajstić information content (AvgIpc) is 3.14. The zero-order valence-corrected chi connectivity index (χ0v) is 17.3. The Balaban J connectivity index is 2.28. The minimum absolute atomic E-state index is 0.570. The largest absolute Gasteiger partial charge is 0.347 e. The van der Waals surface area contributed by atoms with Gasteiger partial charge in [-0.25, -0.2) is 0 Å². The lowest BCUT2D eigenvalue weighted by atomic mass is 9.99. The van der Waals surface area contributed by atoms with Crippen LogP contribution in [0.1, 0.15) is 117 Å². The van der Waals surface area contributed by atoms with E-state index in [1.165, 1.54) is 89.9 Å². The molecule has 0 fully saturated rings. The number of hydrogen-bond donors (Lipinski definition) is 0. The molecule has 1 rings (SSSR count). The molecular formula is C24H43N. The molecule has 1 unspecified atom stereocenters. The summed E-state index contributed by atoms with van der Waals surface area (Å²) in [6.07, 6.45) is 26.2. The third kappa shape index (κ3) is 10.6. The van der Waals surface area contributed by atoms with Gasteiger partial charge in [0.2, 0.25) is 0 Å². The van der Waals surface area contributed by atoms with Gasteiger partial charge in [0.05, 0.1) is 6.04 Å². The van der Waals surface area contributed by atoms with E-state index in [4.69, 9.17) is 0 Å². The summed E-state index contributed by atoms with van der Waals surface area (Å²) in [6.45, 7) is 6.92. The maximum absolute atomic E-state index is 2.52. The summed E-state index contributed by atoms with van der Waals surface area (Å²) in [5, 5.41) is 0. The first-order valence-corrected chi connectivity index (χ1v) is 11.1. The number of unbranched alkanes of at least 4 members (excludes halogenated alkanes) is 11. The molecule has 0 aliphatic carbocycles. The number of nitrogens with zero attached hydrogens (tertiary/aromatic N) is 1. The number of rotatable bonds is 16. The lowest BCUT2D eigenvalue weighted by Crippen LogP contribution is -2.08. The molecule has 0 amide bonds. The van der Waals surface area contributed by atoms with Crippen molar-refractivity contribution in [3.8, 4) is 0 Å². The van der Waals surface area contributed by atoms with Crippen LogP contribution in [0.3, 0.4) is 0 Å². The first-order chi connectivity index (χ1) is 12.3. The molecule has 0 saturated heterocycles. The van der Waals surface area contributed by atoms with Crippen molar-refractivity contribution in [2.24, 2.45) is 0 Å². The van der Waals surface area contributed by atoms with Gasteiger partial charge in [-0.2, -0.15) is 0 Å². The second-order valence-corrected chi connectivity index (χ2v) is 7.71. The van der Waals surface area contributed by atoms with Crippen molar-refractivity contribution in [2.45, 2.75) is 117 Å². The van der Waals surface area contributed by atoms with Crippen LogP contribution in [0, 0.1) is 0 Å². The van der Waals surface area contributed by atoms with Gasteiger partial charge in [-0.1, -0.05) is 96.1 Å². The van der Waals surface area contributed by atoms with Crippen LogP contribution < -0.4 is 0 Å². The molecule has 144 valence electrons. The van der Waals surface area contributed by atoms with Crippen LogP contribution >= 0.6 is 0 Å². The van der Waals surface area contributed by atoms with Crippen molar-refractivity contribution >= 4 is 0 Å². The molecule has 0 spiro atoms. The van der Waals surface area contributed by atoms with E-state index in [1.54, 1.807) is 5.57 Å². The van der Waals surface area contributed by atoms with Gasteiger partial charge in [-0.05, 0) is 38.3 Å². The molecule has 0 aliphatic rings. The maximum atomic E-state index is 2.52. The summed E-state index contributed by atoms with van der Waals surface area (Å²) in [7, 11) is 0. The molecule has 0 saturated carbocycles. The highest BCUT2D eigenvalue weighted by molar-refractivity contribution is 5.09. The standard InChI is InChI=1S/C24H43N/c1-4-6-8-10-11-12-13-14-15-19-23(3)24(20-16-9-7-5-2)25-21-17-18-22-25/h17-19,21-22,24H,4-16,20H2,1-3H3/b23-19+. The molecule has 0 aliphatic heterocycles. The fourth-order valence-electron chi connectivity index (χ4n) is 3.68. The molecule has 0 radical (unpaired) electrons. The van der Waals surface area contributed by atoms with E-state index >= 15 is 0 Å². The van der Waals surface area contributed by atoms with Crippen molar-refractivity contribution in [1.82, 2.24) is 4.57 Å². The highest BCUT2D eigenvalue weighted by Crippen LogP contribution is 2.25. The molecule has 1 atom stereocenters. The van der Waals surface area contributed by atoms with Crippen LogP contribution in [0.2, 0.25) is 0 Å². The summed E-state index contributed by atoms with van der Waals surface area (Å²) >= 11 is 0. The first kappa shape index (κ1) is 22.1. The monoisotopic (exact) mass is 345 g/mol. The zero-order valence-electron chi connectivity index (χ0n) is 17.3. The minimum Gasteiger partial charge on any atom is -0.347 e. The average molecular weight is 346 g/mol. The predicted molar refractivity (Wildman–Crippen MR) is 113 cm³/mol. The third-order valence-electron chi connectivity index (χ3n) is 5.37. The summed E-state index contributed by atoms with van der Waals surface area (Å²) in [5.74, 6) is 0. The van der Waals surface area contributed by atoms with Gasteiger partial charge in [-0.3, -0.25) is 0 Å². The molecule has 1 aromatic heterocycles. The fourth-order valence-corrected chi connectivity index (χ4v) is 3.68. The lowest BCUT2D eigenvalue weighted by Gasteiger charge is -2.20. The smallest absolute Gasteiger partial charge is 0.0537 e. The Morgan fingerprint density at radius 2 is 1.28 bits per heavy atom. The number of hydrogen-bond acceptors (Lipinski definition) is 0. The Morgan fingerprint density at radius 3 is 1.88 bits per heavy atom. The quantitative estimate of drug-likeness (QED) is 0.209. The van der Waals surface area contributed by atoms with Gasteiger partial charge < -0.3 is 4.57 Å². The fraction of sp³-hybridized carbons (Fsp3) is 0.750. The van der Waals surface area contributed by atoms with Crippen LogP contribution in [0.25, 0.3) is 0 Å². The van der Waals surface area contributed by atoms with E-state index in [0.29, 0.717) is 6.04 Å². The highest BCUT2D eigenvalue weighted by Gasteiger charge is 2.11. The van der Waals surface area contributed by atoms with E-state index in [-0.39, 0.29) is 0 Å². The van der Waals surface area contributed by atoms with Crippen LogP contribution in [0.15, 0.2) is 36.2 Å². The molecule has 1 nitrogen and oxygen atoms in total. The second-order valence-electron chi connectivity index (χ2n) is 7.71. The van der Waals surface area contributed by atoms with Crippen molar-refractivity contribution in [1.29, 1.82) is 0 Å². The maximum Gasteiger partial charge on any atom is 0.0537 e. The van der Waals surface area contributed by atoms with Gasteiger partial charge in [0.1, 0.15) is 0 Å². The van der Waals surface area contributed by atoms with Gasteiger partial charge in [0.25, 0.3) is 0 Å². The van der Waals surface area contributed by atoms with E-state index < -0.39 is 0 Å². The van der Waals surface area contributed by atoms with Crippen molar-refractivity contribution in [3.63, 3.8) is 0 Å². The van der Waals surface area contributed by atoms with E-state index in [9.17, 15) is 0 Å². The number of aromatic nitrogens is 1. The van der Waals surface area contributed by atoms with Crippen molar-refractivity contribution in [2.75, 3.05) is 0 Å². The Hall–Kier alpha value is -0.980. The van der Waals surface area contributed by atoms with Crippen LogP contribution in [0.4, 0.5) is 0 Å². The summed E-state index contributed by atoms with van der Waals surface area (Å²) < 4.78 is 2.41. The Kier molecular flexibility index (Phi) is 13.5. The molecule has 0 N–H and O–H groups in total. The van der Waals surface area contributed by atoms with Crippen LogP contribution in [-0.2, 0) is 0 Å². The van der Waals surface area contributed by atoms with E-state index in [1.807, 2.05) is 0 Å². The van der Waals surface area contributed by atoms with E-state index in [0.717, 1.165) is 0 Å². The molecule has 25 heavy (non-hydrogen) atoms. The Morgan fingerprint density at radius 1 is 0.760 bits per heavy atom. The Bertz CT molecular complexity index is 415. The van der Waals surface area contributed by atoms with E-state index in [2.05, 4.69) is 55.9 Å². The molecule has 0 bridgehead atoms. The molecule has 1 heterocycles. The lowest BCUT2D eigenvalue weighted by molar-refractivity contribution is 0.491. The highest BCUT2D eigenvalue weighted by atomic mass is 15.0. The second kappa shape index (κ2) is 15.3. The Labute approximate surface area is 157 Å². The molecule has 1 aromatic rings. The normalized spacial score (nSPS) is 13.3. The number of allylic oxidation sites excluding steroid dienone is 2.